The number of carbonyl (C=O) groups is 1. The van der Waals surface area contributed by atoms with Crippen LogP contribution in [0.5, 0.6) is 0 Å². The van der Waals surface area contributed by atoms with Crippen LogP contribution in [0.25, 0.3) is 0 Å². The first kappa shape index (κ1) is 16.3. The Morgan fingerprint density at radius 1 is 1.17 bits per heavy atom. The van der Waals surface area contributed by atoms with Gasteiger partial charge in [0.15, 0.2) is 0 Å². The van der Waals surface area contributed by atoms with Crippen LogP contribution in [0.3, 0.4) is 0 Å². The highest BCUT2D eigenvalue weighted by molar-refractivity contribution is 9.10. The van der Waals surface area contributed by atoms with Gasteiger partial charge in [-0.2, -0.15) is 4.99 Å². The highest BCUT2D eigenvalue weighted by Gasteiger charge is 2.05. The molecular formula is C19H16BrN3O. The van der Waals surface area contributed by atoms with E-state index in [1.807, 2.05) is 29.0 Å². The van der Waals surface area contributed by atoms with E-state index in [1.165, 1.54) is 11.8 Å². The number of halogens is 1. The molecule has 5 heteroatoms. The van der Waals surface area contributed by atoms with Crippen LogP contribution in [-0.2, 0) is 6.54 Å². The van der Waals surface area contributed by atoms with Gasteiger partial charge in [0.2, 0.25) is 0 Å². The number of pyridine rings is 2. The lowest BCUT2D eigenvalue weighted by molar-refractivity contribution is 0.0996. The van der Waals surface area contributed by atoms with Gasteiger partial charge >= 0.3 is 0 Å². The molecule has 0 bridgehead atoms. The molecule has 0 saturated carbocycles. The number of amides is 1. The average Bonchev–Trinajstić information content (AvgIpc) is 2.58. The maximum absolute atomic E-state index is 12.4. The highest BCUT2D eigenvalue weighted by atomic mass is 79.9. The largest absolute Gasteiger partial charge is 0.328 e. The molecule has 3 rings (SSSR count). The lowest BCUT2D eigenvalue weighted by atomic mass is 10.1. The molecule has 0 unspecified atom stereocenters. The second-order valence-electron chi connectivity index (χ2n) is 5.48. The number of benzene rings is 1. The summed E-state index contributed by atoms with van der Waals surface area (Å²) < 4.78 is 2.71. The van der Waals surface area contributed by atoms with Gasteiger partial charge in [0, 0.05) is 29.6 Å². The van der Waals surface area contributed by atoms with Crippen molar-refractivity contribution in [3.8, 4) is 0 Å². The van der Waals surface area contributed by atoms with Crippen molar-refractivity contribution >= 4 is 21.8 Å². The molecule has 4 nitrogen and oxygen atoms in total. The quantitative estimate of drug-likeness (QED) is 0.693. The van der Waals surface area contributed by atoms with E-state index >= 15 is 0 Å². The lowest BCUT2D eigenvalue weighted by Gasteiger charge is -2.08. The van der Waals surface area contributed by atoms with Gasteiger partial charge in [-0.15, -0.1) is 0 Å². The van der Waals surface area contributed by atoms with Crippen LogP contribution >= 0.6 is 15.9 Å². The van der Waals surface area contributed by atoms with Gasteiger partial charge in [0.25, 0.3) is 5.91 Å². The summed E-state index contributed by atoms with van der Waals surface area (Å²) in [7, 11) is 0. The Bertz CT molecular complexity index is 930. The molecule has 2 heterocycles. The molecule has 0 radical (unpaired) electrons. The van der Waals surface area contributed by atoms with E-state index in [1.54, 1.807) is 12.3 Å². The van der Waals surface area contributed by atoms with Gasteiger partial charge in [0.05, 0.1) is 5.56 Å². The summed E-state index contributed by atoms with van der Waals surface area (Å²) in [4.78, 5) is 20.6. The molecule has 0 aliphatic carbocycles. The molecule has 0 aliphatic heterocycles. The second-order valence-corrected chi connectivity index (χ2v) is 6.40. The Balaban J connectivity index is 1.93. The Hall–Kier alpha value is -2.53. The van der Waals surface area contributed by atoms with E-state index < -0.39 is 0 Å². The molecule has 24 heavy (non-hydrogen) atoms. The molecule has 3 aromatic rings. The molecule has 0 atom stereocenters. The van der Waals surface area contributed by atoms with E-state index in [9.17, 15) is 4.79 Å². The molecule has 0 fully saturated rings. The van der Waals surface area contributed by atoms with Gasteiger partial charge in [0.1, 0.15) is 5.49 Å². The van der Waals surface area contributed by atoms with Crippen LogP contribution in [0.15, 0.2) is 76.6 Å². The average molecular weight is 382 g/mol. The van der Waals surface area contributed by atoms with Crippen molar-refractivity contribution in [1.82, 2.24) is 9.55 Å². The maximum Gasteiger partial charge on any atom is 0.280 e. The molecule has 0 saturated heterocycles. The summed E-state index contributed by atoms with van der Waals surface area (Å²) in [5.74, 6) is -0.312. The summed E-state index contributed by atoms with van der Waals surface area (Å²) in [5.41, 5.74) is 3.45. The minimum atomic E-state index is -0.312. The summed E-state index contributed by atoms with van der Waals surface area (Å²) in [5, 5.41) is 0. The maximum atomic E-state index is 12.4. The van der Waals surface area contributed by atoms with Crippen molar-refractivity contribution in [1.29, 1.82) is 0 Å². The lowest BCUT2D eigenvalue weighted by Crippen LogP contribution is -2.22. The number of aryl methyl sites for hydroxylation is 1. The number of nitrogens with zero attached hydrogens (tertiary/aromatic N) is 3. The monoisotopic (exact) mass is 381 g/mol. The second kappa shape index (κ2) is 7.36. The molecular weight excluding hydrogens is 366 g/mol. The fourth-order valence-electron chi connectivity index (χ4n) is 2.29. The van der Waals surface area contributed by atoms with Crippen molar-refractivity contribution in [3.63, 3.8) is 0 Å². The van der Waals surface area contributed by atoms with Crippen molar-refractivity contribution in [3.05, 3.63) is 93.8 Å². The normalized spacial score (nSPS) is 11.5. The zero-order chi connectivity index (χ0) is 16.9. The van der Waals surface area contributed by atoms with Crippen molar-refractivity contribution in [2.45, 2.75) is 13.5 Å². The van der Waals surface area contributed by atoms with Crippen LogP contribution in [-0.4, -0.2) is 15.5 Å². The first-order valence-electron chi connectivity index (χ1n) is 7.52. The molecule has 2 aromatic heterocycles. The molecule has 0 aliphatic rings. The zero-order valence-corrected chi connectivity index (χ0v) is 14.8. The van der Waals surface area contributed by atoms with E-state index in [0.29, 0.717) is 17.6 Å². The van der Waals surface area contributed by atoms with Crippen LogP contribution < -0.4 is 5.49 Å². The van der Waals surface area contributed by atoms with E-state index in [2.05, 4.69) is 57.1 Å². The molecule has 0 spiro atoms. The van der Waals surface area contributed by atoms with Crippen molar-refractivity contribution in [2.75, 3.05) is 0 Å². The standard InChI is InChI=1S/C19H16BrN3O/c1-14-5-7-15(8-6-14)13-23-9-3-2-4-18(23)22-19(24)16-10-17(20)12-21-11-16/h2-12H,13H2,1H3. The molecule has 1 amide bonds. The van der Waals surface area contributed by atoms with Crippen LogP contribution in [0.2, 0.25) is 0 Å². The van der Waals surface area contributed by atoms with Crippen LogP contribution in [0, 0.1) is 6.92 Å². The summed E-state index contributed by atoms with van der Waals surface area (Å²) in [6.07, 6.45) is 5.08. The molecule has 120 valence electrons. The first-order chi connectivity index (χ1) is 11.6. The van der Waals surface area contributed by atoms with Gasteiger partial charge in [-0.05, 0) is 46.6 Å². The van der Waals surface area contributed by atoms with Crippen LogP contribution in [0.1, 0.15) is 21.5 Å². The zero-order valence-electron chi connectivity index (χ0n) is 13.2. The van der Waals surface area contributed by atoms with Gasteiger partial charge in [-0.3, -0.25) is 9.78 Å². The predicted octanol–water partition coefficient (Wildman–Crippen LogP) is 3.74. The summed E-state index contributed by atoms with van der Waals surface area (Å²) >= 11 is 3.32. The predicted molar refractivity (Wildman–Crippen MR) is 96.5 cm³/mol. The minimum absolute atomic E-state index is 0.312. The smallest absolute Gasteiger partial charge is 0.280 e. The summed E-state index contributed by atoms with van der Waals surface area (Å²) in [6.45, 7) is 2.72. The number of aromatic nitrogens is 2. The first-order valence-corrected chi connectivity index (χ1v) is 8.32. The van der Waals surface area contributed by atoms with Crippen molar-refractivity contribution in [2.24, 2.45) is 4.99 Å². The number of carbonyl (C=O) groups excluding carboxylic acids is 1. The van der Waals surface area contributed by atoms with Gasteiger partial charge in [-0.25, -0.2) is 0 Å². The Morgan fingerprint density at radius 2 is 1.96 bits per heavy atom. The fraction of sp³-hybridized carbons (Fsp3) is 0.105. The SMILES string of the molecule is Cc1ccc(Cn2ccccc2=NC(=O)c2cncc(Br)c2)cc1. The van der Waals surface area contributed by atoms with Crippen molar-refractivity contribution < 1.29 is 4.79 Å². The third-order valence-corrected chi connectivity index (χ3v) is 3.99. The Morgan fingerprint density at radius 3 is 2.71 bits per heavy atom. The van der Waals surface area contributed by atoms with E-state index in [-0.39, 0.29) is 5.91 Å². The number of rotatable bonds is 3. The Labute approximate surface area is 148 Å². The fourth-order valence-corrected chi connectivity index (χ4v) is 2.65. The number of hydrogen-bond donors (Lipinski definition) is 0. The van der Waals surface area contributed by atoms with E-state index in [0.717, 1.165) is 10.0 Å². The highest BCUT2D eigenvalue weighted by Crippen LogP contribution is 2.10. The topological polar surface area (TPSA) is 47.2 Å². The van der Waals surface area contributed by atoms with E-state index in [4.69, 9.17) is 0 Å². The minimum Gasteiger partial charge on any atom is -0.328 e. The molecule has 0 N–H and O–H groups in total. The van der Waals surface area contributed by atoms with Crippen LogP contribution in [0.4, 0.5) is 0 Å². The van der Waals surface area contributed by atoms with Gasteiger partial charge in [-0.1, -0.05) is 35.9 Å². The Kier molecular flexibility index (Phi) is 5.01. The molecule has 1 aromatic carbocycles. The number of hydrogen-bond acceptors (Lipinski definition) is 2. The third-order valence-electron chi connectivity index (χ3n) is 3.56. The van der Waals surface area contributed by atoms with Gasteiger partial charge < -0.3 is 4.57 Å². The summed E-state index contributed by atoms with van der Waals surface area (Å²) in [6, 6.07) is 15.7. The third kappa shape index (κ3) is 4.06.